The standard InChI is InChI=1S/C16H21N5O/c1-11(15-5-3-4-6-18-15)21-9-13(14(10-21)16(17)22)12-7-19-20(2)8-12/h3-8,11,13-14H,9-10H2,1-2H3,(H2,17,22)/t11?,13-,14+/m1/s1. The van der Waals surface area contributed by atoms with E-state index < -0.39 is 0 Å². The average Bonchev–Trinajstić information content (AvgIpc) is 3.13. The molecular weight excluding hydrogens is 278 g/mol. The number of aryl methyl sites for hydroxylation is 1. The van der Waals surface area contributed by atoms with Gasteiger partial charge in [-0.25, -0.2) is 0 Å². The zero-order valence-corrected chi connectivity index (χ0v) is 12.9. The first kappa shape index (κ1) is 14.7. The number of rotatable bonds is 4. The van der Waals surface area contributed by atoms with Crippen LogP contribution >= 0.6 is 0 Å². The van der Waals surface area contributed by atoms with Gasteiger partial charge in [-0.15, -0.1) is 0 Å². The summed E-state index contributed by atoms with van der Waals surface area (Å²) in [6.07, 6.45) is 5.59. The first-order chi connectivity index (χ1) is 10.6. The molecule has 1 saturated heterocycles. The molecule has 0 saturated carbocycles. The Labute approximate surface area is 129 Å². The molecule has 0 radical (unpaired) electrons. The van der Waals surface area contributed by atoms with E-state index in [-0.39, 0.29) is 23.8 Å². The minimum absolute atomic E-state index is 0.0948. The average molecular weight is 299 g/mol. The van der Waals surface area contributed by atoms with Gasteiger partial charge in [-0.1, -0.05) is 6.07 Å². The van der Waals surface area contributed by atoms with Gasteiger partial charge >= 0.3 is 0 Å². The molecule has 0 bridgehead atoms. The van der Waals surface area contributed by atoms with Crippen molar-refractivity contribution in [2.45, 2.75) is 18.9 Å². The lowest BCUT2D eigenvalue weighted by Crippen LogP contribution is -2.30. The van der Waals surface area contributed by atoms with Gasteiger partial charge in [0, 0.05) is 44.5 Å². The lowest BCUT2D eigenvalue weighted by Gasteiger charge is -2.23. The number of carbonyl (C=O) groups is 1. The summed E-state index contributed by atoms with van der Waals surface area (Å²) in [6.45, 7) is 3.57. The molecule has 6 heteroatoms. The van der Waals surface area contributed by atoms with E-state index >= 15 is 0 Å². The van der Waals surface area contributed by atoms with Crippen LogP contribution in [0.4, 0.5) is 0 Å². The van der Waals surface area contributed by atoms with Crippen molar-refractivity contribution in [1.29, 1.82) is 0 Å². The van der Waals surface area contributed by atoms with Crippen LogP contribution in [0.3, 0.4) is 0 Å². The molecule has 3 rings (SSSR count). The van der Waals surface area contributed by atoms with E-state index in [9.17, 15) is 4.79 Å². The van der Waals surface area contributed by atoms with Gasteiger partial charge in [0.1, 0.15) is 0 Å². The topological polar surface area (TPSA) is 77.0 Å². The predicted molar refractivity (Wildman–Crippen MR) is 82.9 cm³/mol. The van der Waals surface area contributed by atoms with E-state index in [4.69, 9.17) is 5.73 Å². The van der Waals surface area contributed by atoms with Gasteiger partial charge in [-0.2, -0.15) is 5.10 Å². The van der Waals surface area contributed by atoms with Crippen molar-refractivity contribution in [3.63, 3.8) is 0 Å². The molecule has 0 spiro atoms. The Bertz CT molecular complexity index is 654. The number of nitrogens with zero attached hydrogens (tertiary/aromatic N) is 4. The summed E-state index contributed by atoms with van der Waals surface area (Å²) in [4.78, 5) is 18.5. The number of pyridine rings is 1. The zero-order valence-electron chi connectivity index (χ0n) is 12.9. The van der Waals surface area contributed by atoms with Gasteiger partial charge in [0.2, 0.25) is 5.91 Å². The van der Waals surface area contributed by atoms with Crippen molar-refractivity contribution >= 4 is 5.91 Å². The molecule has 1 aliphatic heterocycles. The third-order valence-electron chi connectivity index (χ3n) is 4.53. The fraction of sp³-hybridized carbons (Fsp3) is 0.438. The minimum Gasteiger partial charge on any atom is -0.369 e. The van der Waals surface area contributed by atoms with Crippen LogP contribution in [0.5, 0.6) is 0 Å². The number of hydrogen-bond acceptors (Lipinski definition) is 4. The molecular formula is C16H21N5O. The third kappa shape index (κ3) is 2.74. The maximum atomic E-state index is 11.8. The molecule has 6 nitrogen and oxygen atoms in total. The van der Waals surface area contributed by atoms with E-state index in [1.807, 2.05) is 37.6 Å². The second-order valence-corrected chi connectivity index (χ2v) is 5.95. The number of carbonyl (C=O) groups excluding carboxylic acids is 1. The molecule has 2 aromatic heterocycles. The van der Waals surface area contributed by atoms with Gasteiger partial charge < -0.3 is 5.73 Å². The van der Waals surface area contributed by atoms with Crippen molar-refractivity contribution < 1.29 is 4.79 Å². The number of aromatic nitrogens is 3. The molecule has 22 heavy (non-hydrogen) atoms. The summed E-state index contributed by atoms with van der Waals surface area (Å²) in [5.41, 5.74) is 7.71. The lowest BCUT2D eigenvalue weighted by molar-refractivity contribution is -0.121. The summed E-state index contributed by atoms with van der Waals surface area (Å²) < 4.78 is 1.76. The van der Waals surface area contributed by atoms with Crippen LogP contribution in [0.1, 0.15) is 30.1 Å². The van der Waals surface area contributed by atoms with Crippen molar-refractivity contribution in [2.24, 2.45) is 18.7 Å². The number of amides is 1. The monoisotopic (exact) mass is 299 g/mol. The summed E-state index contributed by atoms with van der Waals surface area (Å²) in [6, 6.07) is 6.07. The lowest BCUT2D eigenvalue weighted by atomic mass is 9.90. The predicted octanol–water partition coefficient (Wildman–Crippen LogP) is 1.08. The first-order valence-electron chi connectivity index (χ1n) is 7.49. The Morgan fingerprint density at radius 3 is 2.82 bits per heavy atom. The normalized spacial score (nSPS) is 23.5. The fourth-order valence-corrected chi connectivity index (χ4v) is 3.22. The molecule has 1 amide bonds. The van der Waals surface area contributed by atoms with Crippen molar-refractivity contribution in [1.82, 2.24) is 19.7 Å². The van der Waals surface area contributed by atoms with Crippen molar-refractivity contribution in [3.05, 3.63) is 48.0 Å². The summed E-state index contributed by atoms with van der Waals surface area (Å²) in [5.74, 6) is -0.336. The van der Waals surface area contributed by atoms with Crippen LogP contribution in [0.25, 0.3) is 0 Å². The highest BCUT2D eigenvalue weighted by molar-refractivity contribution is 5.78. The number of primary amides is 1. The van der Waals surface area contributed by atoms with E-state index in [1.54, 1.807) is 10.9 Å². The van der Waals surface area contributed by atoms with Crippen molar-refractivity contribution in [3.8, 4) is 0 Å². The Kier molecular flexibility index (Phi) is 3.94. The minimum atomic E-state index is -0.246. The number of likely N-dealkylation sites (tertiary alicyclic amines) is 1. The van der Waals surface area contributed by atoms with E-state index in [2.05, 4.69) is 21.9 Å². The maximum Gasteiger partial charge on any atom is 0.222 e. The zero-order chi connectivity index (χ0) is 15.7. The second kappa shape index (κ2) is 5.88. The Hall–Kier alpha value is -2.21. The second-order valence-electron chi connectivity index (χ2n) is 5.95. The van der Waals surface area contributed by atoms with Gasteiger partial charge in [-0.05, 0) is 24.6 Å². The highest BCUT2D eigenvalue weighted by Crippen LogP contribution is 2.36. The van der Waals surface area contributed by atoms with Crippen molar-refractivity contribution in [2.75, 3.05) is 13.1 Å². The first-order valence-corrected chi connectivity index (χ1v) is 7.49. The third-order valence-corrected chi connectivity index (χ3v) is 4.53. The summed E-state index contributed by atoms with van der Waals surface area (Å²) in [7, 11) is 1.88. The van der Waals surface area contributed by atoms with Gasteiger partial charge in [0.15, 0.2) is 0 Å². The smallest absolute Gasteiger partial charge is 0.222 e. The molecule has 2 N–H and O–H groups in total. The van der Waals surface area contributed by atoms with E-state index in [0.29, 0.717) is 6.54 Å². The van der Waals surface area contributed by atoms with E-state index in [0.717, 1.165) is 17.8 Å². The molecule has 0 aliphatic carbocycles. The van der Waals surface area contributed by atoms with Gasteiger partial charge in [0.25, 0.3) is 0 Å². The molecule has 2 aromatic rings. The molecule has 0 aromatic carbocycles. The molecule has 3 heterocycles. The van der Waals surface area contributed by atoms with Crippen LogP contribution < -0.4 is 5.73 Å². The van der Waals surface area contributed by atoms with Gasteiger partial charge in [0.05, 0.1) is 17.8 Å². The Morgan fingerprint density at radius 2 is 2.23 bits per heavy atom. The highest BCUT2D eigenvalue weighted by Gasteiger charge is 2.40. The molecule has 1 aliphatic rings. The van der Waals surface area contributed by atoms with Crippen LogP contribution in [0.15, 0.2) is 36.8 Å². The molecule has 3 atom stereocenters. The highest BCUT2D eigenvalue weighted by atomic mass is 16.1. The summed E-state index contributed by atoms with van der Waals surface area (Å²) in [5, 5.41) is 4.22. The molecule has 1 unspecified atom stereocenters. The molecule has 116 valence electrons. The fourth-order valence-electron chi connectivity index (χ4n) is 3.22. The van der Waals surface area contributed by atoms with Crippen LogP contribution in [-0.4, -0.2) is 38.7 Å². The van der Waals surface area contributed by atoms with Crippen LogP contribution in [-0.2, 0) is 11.8 Å². The Balaban J connectivity index is 1.83. The SMILES string of the molecule is CC(c1ccccn1)N1C[C@H](C(N)=O)[C@@H](c2cnn(C)c2)C1. The largest absolute Gasteiger partial charge is 0.369 e. The maximum absolute atomic E-state index is 11.8. The van der Waals surface area contributed by atoms with E-state index in [1.165, 1.54) is 0 Å². The van der Waals surface area contributed by atoms with Crippen LogP contribution in [0, 0.1) is 5.92 Å². The van der Waals surface area contributed by atoms with Gasteiger partial charge in [-0.3, -0.25) is 19.4 Å². The number of hydrogen-bond donors (Lipinski definition) is 1. The molecule has 1 fully saturated rings. The van der Waals surface area contributed by atoms with Crippen LogP contribution in [0.2, 0.25) is 0 Å². The quantitative estimate of drug-likeness (QED) is 0.916. The number of nitrogens with two attached hydrogens (primary N) is 1. The Morgan fingerprint density at radius 1 is 1.41 bits per heavy atom. The summed E-state index contributed by atoms with van der Waals surface area (Å²) >= 11 is 0.